The Kier molecular flexibility index (Phi) is 5.76. The number of rotatable bonds is 7. The topological polar surface area (TPSA) is 133 Å². The lowest BCUT2D eigenvalue weighted by molar-refractivity contribution is -0.122. The van der Waals surface area contributed by atoms with Gasteiger partial charge in [-0.05, 0) is 53.6 Å². The number of hydrogen-bond donors (Lipinski definition) is 2. The van der Waals surface area contributed by atoms with Gasteiger partial charge in [0.15, 0.2) is 0 Å². The minimum absolute atomic E-state index is 0.0366. The predicted octanol–water partition coefficient (Wildman–Crippen LogP) is 0.485. The number of carbonyl (C=O) groups excluding carboxylic acids is 1. The highest BCUT2D eigenvalue weighted by Gasteiger charge is 2.10. The van der Waals surface area contributed by atoms with Crippen LogP contribution in [0.2, 0.25) is 0 Å². The number of halogens is 1. The van der Waals surface area contributed by atoms with E-state index in [0.29, 0.717) is 24.4 Å². The van der Waals surface area contributed by atoms with Crippen molar-refractivity contribution in [1.29, 1.82) is 0 Å². The molecule has 28 heavy (non-hydrogen) atoms. The van der Waals surface area contributed by atoms with Gasteiger partial charge in [0.05, 0.1) is 4.90 Å². The molecule has 0 aliphatic rings. The zero-order chi connectivity index (χ0) is 20.1. The van der Waals surface area contributed by atoms with Gasteiger partial charge >= 0.3 is 0 Å². The van der Waals surface area contributed by atoms with Gasteiger partial charge in [-0.25, -0.2) is 17.9 Å². The van der Waals surface area contributed by atoms with Crippen LogP contribution in [0.5, 0.6) is 0 Å². The molecule has 0 atom stereocenters. The van der Waals surface area contributed by atoms with Crippen molar-refractivity contribution in [3.8, 4) is 11.4 Å². The molecular weight excluding hydrogens is 387 g/mol. The molecule has 1 heterocycles. The van der Waals surface area contributed by atoms with Gasteiger partial charge in [0.1, 0.15) is 12.4 Å². The van der Waals surface area contributed by atoms with Crippen LogP contribution in [-0.2, 0) is 27.8 Å². The average Bonchev–Trinajstić information content (AvgIpc) is 3.10. The molecular formula is C17H17FN6O3S. The van der Waals surface area contributed by atoms with Crippen LogP contribution in [0.1, 0.15) is 5.56 Å². The molecule has 2 aromatic carbocycles. The molecule has 3 rings (SSSR count). The van der Waals surface area contributed by atoms with E-state index < -0.39 is 10.0 Å². The van der Waals surface area contributed by atoms with Gasteiger partial charge in [-0.1, -0.05) is 12.1 Å². The lowest BCUT2D eigenvalue weighted by Crippen LogP contribution is -2.30. The van der Waals surface area contributed by atoms with E-state index in [9.17, 15) is 17.6 Å². The van der Waals surface area contributed by atoms with Gasteiger partial charge in [0, 0.05) is 12.1 Å². The van der Waals surface area contributed by atoms with Gasteiger partial charge in [-0.15, -0.1) is 10.2 Å². The van der Waals surface area contributed by atoms with Crippen molar-refractivity contribution in [3.63, 3.8) is 0 Å². The highest BCUT2D eigenvalue weighted by Crippen LogP contribution is 2.13. The molecule has 9 nitrogen and oxygen atoms in total. The summed E-state index contributed by atoms with van der Waals surface area (Å²) >= 11 is 0. The summed E-state index contributed by atoms with van der Waals surface area (Å²) in [6.45, 7) is 0.242. The van der Waals surface area contributed by atoms with E-state index in [1.54, 1.807) is 12.1 Å². The summed E-state index contributed by atoms with van der Waals surface area (Å²) in [5, 5.41) is 19.5. The van der Waals surface area contributed by atoms with Crippen LogP contribution in [0.3, 0.4) is 0 Å². The number of nitrogens with two attached hydrogens (primary N) is 1. The lowest BCUT2D eigenvalue weighted by Gasteiger charge is -2.05. The lowest BCUT2D eigenvalue weighted by atomic mass is 10.1. The maximum atomic E-state index is 12.9. The Morgan fingerprint density at radius 3 is 2.43 bits per heavy atom. The SMILES string of the molecule is NS(=O)(=O)c1ccc(CCNC(=O)Cn2nnc(-c3ccc(F)cc3)n2)cc1. The molecule has 146 valence electrons. The Morgan fingerprint density at radius 2 is 1.79 bits per heavy atom. The fraction of sp³-hybridized carbons (Fsp3) is 0.176. The van der Waals surface area contributed by atoms with E-state index in [1.807, 2.05) is 0 Å². The molecule has 0 saturated carbocycles. The first kappa shape index (κ1) is 19.6. The first-order chi connectivity index (χ1) is 13.3. The molecule has 0 saturated heterocycles. The Bertz CT molecular complexity index is 1070. The van der Waals surface area contributed by atoms with Gasteiger partial charge < -0.3 is 5.32 Å². The molecule has 0 radical (unpaired) electrons. The minimum Gasteiger partial charge on any atom is -0.354 e. The molecule has 0 unspecified atom stereocenters. The number of hydrogen-bond acceptors (Lipinski definition) is 6. The fourth-order valence-electron chi connectivity index (χ4n) is 2.40. The van der Waals surface area contributed by atoms with E-state index in [4.69, 9.17) is 5.14 Å². The molecule has 0 aliphatic heterocycles. The van der Waals surface area contributed by atoms with Crippen LogP contribution in [0.25, 0.3) is 11.4 Å². The number of nitrogens with zero attached hydrogens (tertiary/aromatic N) is 4. The molecule has 3 aromatic rings. The number of sulfonamides is 1. The van der Waals surface area contributed by atoms with Crippen molar-refractivity contribution in [2.75, 3.05) is 6.54 Å². The van der Waals surface area contributed by atoms with E-state index in [1.165, 1.54) is 36.4 Å². The maximum Gasteiger partial charge on any atom is 0.243 e. The Labute approximate surface area is 160 Å². The molecule has 1 amide bonds. The van der Waals surface area contributed by atoms with E-state index in [-0.39, 0.29) is 23.2 Å². The van der Waals surface area contributed by atoms with Crippen molar-refractivity contribution in [1.82, 2.24) is 25.5 Å². The van der Waals surface area contributed by atoms with Crippen molar-refractivity contribution in [2.24, 2.45) is 5.14 Å². The number of amides is 1. The normalized spacial score (nSPS) is 11.4. The van der Waals surface area contributed by atoms with Crippen LogP contribution >= 0.6 is 0 Å². The Hall–Kier alpha value is -3.18. The minimum atomic E-state index is -3.72. The average molecular weight is 404 g/mol. The summed E-state index contributed by atoms with van der Waals surface area (Å²) in [5.74, 6) is -0.373. The van der Waals surface area contributed by atoms with E-state index in [0.717, 1.165) is 10.4 Å². The quantitative estimate of drug-likeness (QED) is 0.589. The number of benzene rings is 2. The molecule has 1 aromatic heterocycles. The van der Waals surface area contributed by atoms with Gasteiger partial charge in [0.25, 0.3) is 0 Å². The maximum absolute atomic E-state index is 12.9. The summed E-state index contributed by atoms with van der Waals surface area (Å²) in [7, 11) is -3.72. The van der Waals surface area contributed by atoms with Crippen molar-refractivity contribution in [2.45, 2.75) is 17.9 Å². The number of aromatic nitrogens is 4. The van der Waals surface area contributed by atoms with Crippen LogP contribution < -0.4 is 10.5 Å². The third-order valence-electron chi connectivity index (χ3n) is 3.83. The highest BCUT2D eigenvalue weighted by atomic mass is 32.2. The second kappa shape index (κ2) is 8.23. The van der Waals surface area contributed by atoms with Crippen molar-refractivity contribution >= 4 is 15.9 Å². The predicted molar refractivity (Wildman–Crippen MR) is 97.7 cm³/mol. The second-order valence-corrected chi connectivity index (χ2v) is 7.50. The molecule has 11 heteroatoms. The first-order valence-electron chi connectivity index (χ1n) is 8.23. The van der Waals surface area contributed by atoms with Crippen LogP contribution in [-0.4, -0.2) is 41.1 Å². The smallest absolute Gasteiger partial charge is 0.243 e. The third kappa shape index (κ3) is 5.18. The van der Waals surface area contributed by atoms with Gasteiger partial charge in [-0.3, -0.25) is 4.79 Å². The van der Waals surface area contributed by atoms with Crippen molar-refractivity contribution in [3.05, 3.63) is 59.9 Å². The highest BCUT2D eigenvalue weighted by molar-refractivity contribution is 7.89. The molecule has 0 fully saturated rings. The monoisotopic (exact) mass is 404 g/mol. The summed E-state index contributed by atoms with van der Waals surface area (Å²) in [5.41, 5.74) is 1.45. The number of primary sulfonamides is 1. The third-order valence-corrected chi connectivity index (χ3v) is 4.76. The summed E-state index contributed by atoms with van der Waals surface area (Å²) in [6.07, 6.45) is 0.516. The molecule has 0 aliphatic carbocycles. The number of tetrazole rings is 1. The number of nitrogens with one attached hydrogen (secondary N) is 1. The molecule has 0 bridgehead atoms. The Morgan fingerprint density at radius 1 is 1.11 bits per heavy atom. The zero-order valence-electron chi connectivity index (χ0n) is 14.6. The molecule has 3 N–H and O–H groups in total. The Balaban J connectivity index is 1.49. The molecule has 0 spiro atoms. The summed E-state index contributed by atoms with van der Waals surface area (Å²) in [6, 6.07) is 11.7. The van der Waals surface area contributed by atoms with Gasteiger partial charge in [0.2, 0.25) is 21.8 Å². The largest absolute Gasteiger partial charge is 0.354 e. The number of carbonyl (C=O) groups is 1. The van der Waals surface area contributed by atoms with Crippen molar-refractivity contribution < 1.29 is 17.6 Å². The summed E-state index contributed by atoms with van der Waals surface area (Å²) < 4.78 is 35.4. The van der Waals surface area contributed by atoms with E-state index in [2.05, 4.69) is 20.7 Å². The van der Waals surface area contributed by atoms with Crippen LogP contribution in [0, 0.1) is 5.82 Å². The summed E-state index contributed by atoms with van der Waals surface area (Å²) in [4.78, 5) is 13.2. The van der Waals surface area contributed by atoms with Crippen LogP contribution in [0.15, 0.2) is 53.4 Å². The standard InChI is InChI=1S/C17H17FN6O3S/c18-14-5-3-13(4-6-14)17-21-23-24(22-17)11-16(25)20-10-9-12-1-7-15(8-2-12)28(19,26)27/h1-8H,9-11H2,(H,20,25)(H2,19,26,27). The second-order valence-electron chi connectivity index (χ2n) is 5.94. The zero-order valence-corrected chi connectivity index (χ0v) is 15.4. The first-order valence-corrected chi connectivity index (χ1v) is 9.78. The van der Waals surface area contributed by atoms with E-state index >= 15 is 0 Å². The van der Waals surface area contributed by atoms with Gasteiger partial charge in [-0.2, -0.15) is 4.80 Å². The van der Waals surface area contributed by atoms with Crippen LogP contribution in [0.4, 0.5) is 4.39 Å². The fourth-order valence-corrected chi connectivity index (χ4v) is 2.92.